The lowest BCUT2D eigenvalue weighted by molar-refractivity contribution is 0.148. The second-order valence-electron chi connectivity index (χ2n) is 4.65. The Bertz CT molecular complexity index is 365. The van der Waals surface area contributed by atoms with Gasteiger partial charge in [-0.15, -0.1) is 0 Å². The molecular weight excluding hydrogens is 215 g/mol. The van der Waals surface area contributed by atoms with Gasteiger partial charge in [-0.05, 0) is 18.1 Å². The van der Waals surface area contributed by atoms with Crippen molar-refractivity contribution in [1.82, 2.24) is 9.80 Å². The average molecular weight is 234 g/mol. The van der Waals surface area contributed by atoms with Gasteiger partial charge in [-0.2, -0.15) is 0 Å². The molecule has 0 radical (unpaired) electrons. The van der Waals surface area contributed by atoms with Crippen molar-refractivity contribution >= 4 is 12.6 Å². The fourth-order valence-corrected chi connectivity index (χ4v) is 2.18. The SMILES string of the molecule is CN1CCN(Cc2ccccc2B(O)O)CC1. The summed E-state index contributed by atoms with van der Waals surface area (Å²) >= 11 is 0. The van der Waals surface area contributed by atoms with E-state index >= 15 is 0 Å². The van der Waals surface area contributed by atoms with Gasteiger partial charge < -0.3 is 14.9 Å². The molecule has 0 saturated carbocycles. The van der Waals surface area contributed by atoms with Crippen LogP contribution in [0.15, 0.2) is 24.3 Å². The van der Waals surface area contributed by atoms with Crippen molar-refractivity contribution in [2.24, 2.45) is 0 Å². The molecule has 4 nitrogen and oxygen atoms in total. The monoisotopic (exact) mass is 234 g/mol. The Balaban J connectivity index is 2.03. The van der Waals surface area contributed by atoms with Gasteiger partial charge in [0.2, 0.25) is 0 Å². The number of hydrogen-bond donors (Lipinski definition) is 2. The van der Waals surface area contributed by atoms with Crippen molar-refractivity contribution in [1.29, 1.82) is 0 Å². The van der Waals surface area contributed by atoms with E-state index in [2.05, 4.69) is 16.8 Å². The summed E-state index contributed by atoms with van der Waals surface area (Å²) in [6, 6.07) is 7.52. The van der Waals surface area contributed by atoms with Crippen LogP contribution in [-0.2, 0) is 6.54 Å². The van der Waals surface area contributed by atoms with Crippen molar-refractivity contribution in [3.63, 3.8) is 0 Å². The zero-order valence-corrected chi connectivity index (χ0v) is 10.2. The third-order valence-electron chi connectivity index (χ3n) is 3.32. The number of benzene rings is 1. The van der Waals surface area contributed by atoms with Gasteiger partial charge in [0.1, 0.15) is 0 Å². The second kappa shape index (κ2) is 5.64. The van der Waals surface area contributed by atoms with Crippen LogP contribution in [0.25, 0.3) is 0 Å². The van der Waals surface area contributed by atoms with Gasteiger partial charge in [0.15, 0.2) is 0 Å². The van der Waals surface area contributed by atoms with E-state index in [1.165, 1.54) is 0 Å². The van der Waals surface area contributed by atoms with Gasteiger partial charge in [0, 0.05) is 32.7 Å². The largest absolute Gasteiger partial charge is 0.488 e. The lowest BCUT2D eigenvalue weighted by Gasteiger charge is -2.32. The molecule has 0 bridgehead atoms. The minimum atomic E-state index is -1.38. The molecule has 1 saturated heterocycles. The van der Waals surface area contributed by atoms with Crippen molar-refractivity contribution in [3.05, 3.63) is 29.8 Å². The Kier molecular flexibility index (Phi) is 4.18. The highest BCUT2D eigenvalue weighted by Crippen LogP contribution is 2.06. The second-order valence-corrected chi connectivity index (χ2v) is 4.65. The zero-order chi connectivity index (χ0) is 12.3. The summed E-state index contributed by atoms with van der Waals surface area (Å²) in [5.74, 6) is 0. The summed E-state index contributed by atoms with van der Waals surface area (Å²) in [4.78, 5) is 4.66. The van der Waals surface area contributed by atoms with Crippen LogP contribution in [0.3, 0.4) is 0 Å². The van der Waals surface area contributed by atoms with Crippen molar-refractivity contribution < 1.29 is 10.0 Å². The minimum absolute atomic E-state index is 0.617. The zero-order valence-electron chi connectivity index (χ0n) is 10.2. The van der Waals surface area contributed by atoms with Crippen molar-refractivity contribution in [3.8, 4) is 0 Å². The molecule has 0 spiro atoms. The summed E-state index contributed by atoms with van der Waals surface area (Å²) in [5.41, 5.74) is 1.62. The fraction of sp³-hybridized carbons (Fsp3) is 0.500. The first-order chi connectivity index (χ1) is 8.16. The third-order valence-corrected chi connectivity index (χ3v) is 3.32. The maximum absolute atomic E-state index is 9.30. The van der Waals surface area contributed by atoms with Gasteiger partial charge in [-0.25, -0.2) is 0 Å². The van der Waals surface area contributed by atoms with Gasteiger partial charge in [-0.3, -0.25) is 4.90 Å². The summed E-state index contributed by atoms with van der Waals surface area (Å²) in [7, 11) is 0.752. The molecule has 1 aliphatic rings. The van der Waals surface area contributed by atoms with Gasteiger partial charge in [-0.1, -0.05) is 24.3 Å². The first kappa shape index (κ1) is 12.6. The van der Waals surface area contributed by atoms with E-state index in [0.29, 0.717) is 5.46 Å². The lowest BCUT2D eigenvalue weighted by Crippen LogP contribution is -2.45. The lowest BCUT2D eigenvalue weighted by atomic mass is 9.77. The first-order valence-corrected chi connectivity index (χ1v) is 6.01. The average Bonchev–Trinajstić information content (AvgIpc) is 2.32. The molecule has 1 aromatic rings. The molecular formula is C12H19BN2O2. The van der Waals surface area contributed by atoms with E-state index in [-0.39, 0.29) is 0 Å². The summed E-state index contributed by atoms with van der Waals surface area (Å²) in [5, 5.41) is 18.6. The Morgan fingerprint density at radius 2 is 1.76 bits per heavy atom. The molecule has 5 heteroatoms. The molecule has 2 N–H and O–H groups in total. The standard InChI is InChI=1S/C12H19BN2O2/c1-14-6-8-15(9-7-14)10-11-4-2-3-5-12(11)13(16)17/h2-5,16-17H,6-10H2,1H3. The number of rotatable bonds is 3. The summed E-state index contributed by atoms with van der Waals surface area (Å²) in [6.45, 7) is 5.01. The molecule has 92 valence electrons. The molecule has 17 heavy (non-hydrogen) atoms. The Hall–Kier alpha value is -0.875. The van der Waals surface area contributed by atoms with Crippen LogP contribution in [0.1, 0.15) is 5.56 Å². The van der Waals surface area contributed by atoms with E-state index in [4.69, 9.17) is 0 Å². The third kappa shape index (κ3) is 3.29. The van der Waals surface area contributed by atoms with Crippen LogP contribution >= 0.6 is 0 Å². The molecule has 0 aliphatic carbocycles. The summed E-state index contributed by atoms with van der Waals surface area (Å²) in [6.07, 6.45) is 0. The molecule has 0 amide bonds. The molecule has 2 rings (SSSR count). The van der Waals surface area contributed by atoms with E-state index in [0.717, 1.165) is 38.3 Å². The molecule has 0 aromatic heterocycles. The Morgan fingerprint density at radius 1 is 1.12 bits per heavy atom. The fourth-order valence-electron chi connectivity index (χ4n) is 2.18. The first-order valence-electron chi connectivity index (χ1n) is 6.01. The van der Waals surface area contributed by atoms with Crippen molar-refractivity contribution in [2.75, 3.05) is 33.2 Å². The minimum Gasteiger partial charge on any atom is -0.423 e. The topological polar surface area (TPSA) is 46.9 Å². The molecule has 1 aliphatic heterocycles. The quantitative estimate of drug-likeness (QED) is 0.666. The van der Waals surface area contributed by atoms with Crippen LogP contribution in [0, 0.1) is 0 Å². The number of nitrogens with zero attached hydrogens (tertiary/aromatic N) is 2. The molecule has 1 fully saturated rings. The maximum Gasteiger partial charge on any atom is 0.488 e. The highest BCUT2D eigenvalue weighted by molar-refractivity contribution is 6.59. The van der Waals surface area contributed by atoms with Crippen LogP contribution in [-0.4, -0.2) is 60.2 Å². The normalized spacial score (nSPS) is 18.3. The Morgan fingerprint density at radius 3 is 2.41 bits per heavy atom. The number of likely N-dealkylation sites (N-methyl/N-ethyl adjacent to an activating group) is 1. The van der Waals surface area contributed by atoms with Crippen LogP contribution < -0.4 is 5.46 Å². The van der Waals surface area contributed by atoms with Crippen molar-refractivity contribution in [2.45, 2.75) is 6.54 Å². The molecule has 0 unspecified atom stereocenters. The smallest absolute Gasteiger partial charge is 0.423 e. The van der Waals surface area contributed by atoms with E-state index < -0.39 is 7.12 Å². The van der Waals surface area contributed by atoms with E-state index in [1.807, 2.05) is 18.2 Å². The molecule has 1 aromatic carbocycles. The number of hydrogen-bond acceptors (Lipinski definition) is 4. The van der Waals surface area contributed by atoms with Crippen LogP contribution in [0.2, 0.25) is 0 Å². The maximum atomic E-state index is 9.30. The highest BCUT2D eigenvalue weighted by Gasteiger charge is 2.19. The van der Waals surface area contributed by atoms with Crippen LogP contribution in [0.5, 0.6) is 0 Å². The van der Waals surface area contributed by atoms with Crippen LogP contribution in [0.4, 0.5) is 0 Å². The van der Waals surface area contributed by atoms with E-state index in [1.54, 1.807) is 6.07 Å². The van der Waals surface area contributed by atoms with E-state index in [9.17, 15) is 10.0 Å². The van der Waals surface area contributed by atoms with Gasteiger partial charge in [0.25, 0.3) is 0 Å². The Labute approximate surface area is 103 Å². The predicted octanol–water partition coefficient (Wildman–Crippen LogP) is -0.886. The molecule has 0 atom stereocenters. The highest BCUT2D eigenvalue weighted by atomic mass is 16.4. The molecule has 1 heterocycles. The number of piperazine rings is 1. The summed E-state index contributed by atoms with van der Waals surface area (Å²) < 4.78 is 0. The van der Waals surface area contributed by atoms with Gasteiger partial charge >= 0.3 is 7.12 Å². The predicted molar refractivity (Wildman–Crippen MR) is 69.0 cm³/mol. The van der Waals surface area contributed by atoms with Gasteiger partial charge in [0.05, 0.1) is 0 Å².